The molecule has 2 amide bonds. The molecule has 0 aromatic heterocycles. The molecule has 0 spiro atoms. The van der Waals surface area contributed by atoms with Crippen LogP contribution in [-0.4, -0.2) is 25.2 Å². The number of amides is 2. The van der Waals surface area contributed by atoms with Gasteiger partial charge in [-0.05, 0) is 114 Å². The number of carbonyl (C=O) groups excluding carboxylic acids is 1. The molecule has 0 saturated heterocycles. The quantitative estimate of drug-likeness (QED) is 0.433. The van der Waals surface area contributed by atoms with Crippen molar-refractivity contribution in [3.05, 3.63) is 28.2 Å². The van der Waals surface area contributed by atoms with Crippen molar-refractivity contribution in [2.24, 2.45) is 23.2 Å². The topological polar surface area (TPSA) is 50.4 Å². The Morgan fingerprint density at radius 2 is 1.77 bits per heavy atom. The van der Waals surface area contributed by atoms with Crippen molar-refractivity contribution in [1.82, 2.24) is 10.6 Å². The van der Waals surface area contributed by atoms with Gasteiger partial charge in [-0.2, -0.15) is 0 Å². The van der Waals surface area contributed by atoms with Gasteiger partial charge in [0.05, 0.1) is 11.1 Å². The molecule has 5 heteroatoms. The lowest BCUT2D eigenvalue weighted by atomic mass is 9.48. The molecule has 4 bridgehead atoms. The third-order valence-corrected chi connectivity index (χ3v) is 8.63. The Morgan fingerprint density at radius 1 is 1.16 bits per heavy atom. The first-order valence-electron chi connectivity index (χ1n) is 12.1. The number of halogens is 1. The second kappa shape index (κ2) is 8.96. The molecule has 1 aromatic carbocycles. The van der Waals surface area contributed by atoms with Gasteiger partial charge in [-0.25, -0.2) is 4.79 Å². The normalized spacial score (nSPS) is 30.2. The molecule has 0 radical (unpaired) electrons. The van der Waals surface area contributed by atoms with E-state index in [1.54, 1.807) is 0 Å². The van der Waals surface area contributed by atoms with Crippen LogP contribution in [0.3, 0.4) is 0 Å². The first-order chi connectivity index (χ1) is 14.6. The lowest BCUT2D eigenvalue weighted by Gasteiger charge is -2.59. The number of ether oxygens (including phenoxy) is 1. The fraction of sp³-hybridized carbons (Fsp3) is 0.731. The van der Waals surface area contributed by atoms with E-state index in [-0.39, 0.29) is 17.5 Å². The summed E-state index contributed by atoms with van der Waals surface area (Å²) in [7, 11) is 0. The third-order valence-electron chi connectivity index (χ3n) is 8.01. The third kappa shape index (κ3) is 5.23. The summed E-state index contributed by atoms with van der Waals surface area (Å²) in [5, 5.41) is 6.31. The minimum atomic E-state index is -0.0287. The predicted molar refractivity (Wildman–Crippen MR) is 130 cm³/mol. The van der Waals surface area contributed by atoms with E-state index in [9.17, 15) is 4.79 Å². The summed E-state index contributed by atoms with van der Waals surface area (Å²) in [5.41, 5.74) is 1.74. The van der Waals surface area contributed by atoms with Crippen LogP contribution in [0.1, 0.15) is 78.2 Å². The molecule has 4 nitrogen and oxygen atoms in total. The van der Waals surface area contributed by atoms with Crippen LogP contribution in [0.15, 0.2) is 22.7 Å². The number of hydrogen-bond acceptors (Lipinski definition) is 2. The minimum absolute atomic E-state index is 0.0287. The van der Waals surface area contributed by atoms with Crippen molar-refractivity contribution in [1.29, 1.82) is 0 Å². The Morgan fingerprint density at radius 3 is 2.32 bits per heavy atom. The largest absolute Gasteiger partial charge is 0.492 e. The average Bonchev–Trinajstić information content (AvgIpc) is 2.67. The van der Waals surface area contributed by atoms with Crippen molar-refractivity contribution >= 4 is 22.0 Å². The van der Waals surface area contributed by atoms with E-state index in [0.717, 1.165) is 34.4 Å². The van der Waals surface area contributed by atoms with Crippen molar-refractivity contribution in [2.75, 3.05) is 13.2 Å². The molecule has 31 heavy (non-hydrogen) atoms. The smallest absolute Gasteiger partial charge is 0.315 e. The van der Waals surface area contributed by atoms with Crippen LogP contribution < -0.4 is 15.4 Å². The Kier molecular flexibility index (Phi) is 6.63. The highest BCUT2D eigenvalue weighted by molar-refractivity contribution is 9.10. The van der Waals surface area contributed by atoms with Crippen LogP contribution in [-0.2, 0) is 5.41 Å². The highest BCUT2D eigenvalue weighted by Gasteiger charge is 2.53. The first-order valence-corrected chi connectivity index (χ1v) is 12.9. The summed E-state index contributed by atoms with van der Waals surface area (Å²) in [5.74, 6) is 3.58. The molecular weight excluding hydrogens is 452 g/mol. The number of benzene rings is 1. The molecular formula is C26H39BrN2O2. The van der Waals surface area contributed by atoms with Crippen LogP contribution in [0.5, 0.6) is 5.75 Å². The molecule has 5 rings (SSSR count). The van der Waals surface area contributed by atoms with Gasteiger partial charge >= 0.3 is 6.03 Å². The number of hydrogen-bond donors (Lipinski definition) is 2. The molecule has 2 N–H and O–H groups in total. The summed E-state index contributed by atoms with van der Waals surface area (Å²) in [6.07, 6.45) is 9.05. The molecule has 1 aromatic rings. The number of nitrogens with one attached hydrogen (secondary N) is 2. The monoisotopic (exact) mass is 490 g/mol. The summed E-state index contributed by atoms with van der Waals surface area (Å²) in [6.45, 7) is 10.0. The van der Waals surface area contributed by atoms with Crippen molar-refractivity contribution in [3.8, 4) is 5.75 Å². The molecule has 0 aliphatic heterocycles. The van der Waals surface area contributed by atoms with E-state index in [1.807, 2.05) is 6.07 Å². The summed E-state index contributed by atoms with van der Waals surface area (Å²) < 4.78 is 6.89. The van der Waals surface area contributed by atoms with Crippen LogP contribution in [0, 0.1) is 23.2 Å². The van der Waals surface area contributed by atoms with Crippen LogP contribution in [0.4, 0.5) is 4.79 Å². The van der Waals surface area contributed by atoms with Crippen LogP contribution in [0.2, 0.25) is 0 Å². The van der Waals surface area contributed by atoms with Gasteiger partial charge in [-0.15, -0.1) is 0 Å². The fourth-order valence-corrected chi connectivity index (χ4v) is 7.14. The van der Waals surface area contributed by atoms with Crippen molar-refractivity contribution in [2.45, 2.75) is 84.1 Å². The number of carbonyl (C=O) groups is 1. The Labute approximate surface area is 196 Å². The van der Waals surface area contributed by atoms with Gasteiger partial charge in [0.1, 0.15) is 5.75 Å². The maximum absolute atomic E-state index is 12.5. The lowest BCUT2D eigenvalue weighted by molar-refractivity contribution is -0.0682. The molecule has 1 atom stereocenters. The Bertz CT molecular complexity index is 766. The zero-order valence-corrected chi connectivity index (χ0v) is 21.2. The van der Waals surface area contributed by atoms with Gasteiger partial charge in [0.15, 0.2) is 0 Å². The fourth-order valence-electron chi connectivity index (χ4n) is 6.65. The highest BCUT2D eigenvalue weighted by Crippen LogP contribution is 2.61. The predicted octanol–water partition coefficient (Wildman–Crippen LogP) is 6.42. The number of rotatable bonds is 7. The lowest BCUT2D eigenvalue weighted by Crippen LogP contribution is -2.57. The molecule has 1 unspecified atom stereocenters. The van der Waals surface area contributed by atoms with E-state index in [1.165, 1.54) is 44.1 Å². The van der Waals surface area contributed by atoms with E-state index in [2.05, 4.69) is 66.4 Å². The molecule has 4 aliphatic carbocycles. The Balaban J connectivity index is 1.17. The van der Waals surface area contributed by atoms with Gasteiger partial charge < -0.3 is 15.4 Å². The molecule has 0 heterocycles. The van der Waals surface area contributed by atoms with Gasteiger partial charge in [0.25, 0.3) is 0 Å². The average molecular weight is 492 g/mol. The van der Waals surface area contributed by atoms with Crippen molar-refractivity contribution in [3.63, 3.8) is 0 Å². The molecule has 172 valence electrons. The SMILES string of the molecule is CC(NC(=O)NCCCOc1ccc(C(C)(C)C)cc1Br)C12CC3CC(CC(C3)C1)C2. The van der Waals surface area contributed by atoms with Crippen LogP contribution in [0.25, 0.3) is 0 Å². The zero-order valence-electron chi connectivity index (χ0n) is 19.6. The second-order valence-electron chi connectivity index (χ2n) is 11.5. The molecule has 4 aliphatic rings. The molecule has 4 saturated carbocycles. The van der Waals surface area contributed by atoms with Gasteiger partial charge in [0, 0.05) is 12.6 Å². The first kappa shape index (κ1) is 22.9. The van der Waals surface area contributed by atoms with E-state index in [4.69, 9.17) is 4.74 Å². The van der Waals surface area contributed by atoms with Crippen molar-refractivity contribution < 1.29 is 9.53 Å². The second-order valence-corrected chi connectivity index (χ2v) is 12.4. The standard InChI is InChI=1S/C26H39BrN2O2/c1-17(26-14-18-10-19(15-26)12-20(11-18)16-26)29-24(30)28-8-5-9-31-23-7-6-21(13-22(23)27)25(2,3)4/h6-7,13,17-20H,5,8-12,14-16H2,1-4H3,(H2,28,29,30). The van der Waals surface area contributed by atoms with Crippen LogP contribution >= 0.6 is 15.9 Å². The number of urea groups is 1. The Hall–Kier alpha value is -1.23. The molecule has 4 fully saturated rings. The van der Waals surface area contributed by atoms with Gasteiger partial charge in [0.2, 0.25) is 0 Å². The maximum atomic E-state index is 12.5. The maximum Gasteiger partial charge on any atom is 0.315 e. The summed E-state index contributed by atoms with van der Waals surface area (Å²) in [4.78, 5) is 12.5. The summed E-state index contributed by atoms with van der Waals surface area (Å²) in [6, 6.07) is 6.51. The van der Waals surface area contributed by atoms with E-state index in [0.29, 0.717) is 18.6 Å². The van der Waals surface area contributed by atoms with Gasteiger partial charge in [-0.3, -0.25) is 0 Å². The van der Waals surface area contributed by atoms with E-state index < -0.39 is 0 Å². The van der Waals surface area contributed by atoms with Gasteiger partial charge in [-0.1, -0.05) is 26.8 Å². The highest BCUT2D eigenvalue weighted by atomic mass is 79.9. The summed E-state index contributed by atoms with van der Waals surface area (Å²) >= 11 is 3.62. The zero-order chi connectivity index (χ0) is 22.2. The minimum Gasteiger partial charge on any atom is -0.492 e. The van der Waals surface area contributed by atoms with E-state index >= 15 is 0 Å².